The molecule has 0 radical (unpaired) electrons. The van der Waals surface area contributed by atoms with Gasteiger partial charge < -0.3 is 14.5 Å². The van der Waals surface area contributed by atoms with Crippen molar-refractivity contribution in [3.05, 3.63) is 141 Å². The molecule has 232 valence electrons. The molecule has 3 aromatic carbocycles. The van der Waals surface area contributed by atoms with Crippen molar-refractivity contribution in [3.8, 4) is 17.1 Å². The van der Waals surface area contributed by atoms with Crippen LogP contribution in [-0.2, 0) is 4.79 Å². The van der Waals surface area contributed by atoms with Gasteiger partial charge in [-0.25, -0.2) is 4.99 Å². The Labute approximate surface area is 275 Å². The highest BCUT2D eigenvalue weighted by Crippen LogP contribution is 2.37. The molecule has 0 saturated carbocycles. The monoisotopic (exact) mass is 674 g/mol. The largest absolute Gasteiger partial charge is 0.494 e. The summed E-state index contributed by atoms with van der Waals surface area (Å²) >= 11 is 13.6. The summed E-state index contributed by atoms with van der Waals surface area (Å²) in [6.07, 6.45) is 1.58. The van der Waals surface area contributed by atoms with Crippen LogP contribution in [0.5, 0.6) is 5.75 Å². The van der Waals surface area contributed by atoms with Crippen LogP contribution in [0.4, 0.5) is 11.4 Å². The Bertz CT molecular complexity index is 2200. The lowest BCUT2D eigenvalue weighted by atomic mass is 9.95. The Morgan fingerprint density at radius 2 is 1.85 bits per heavy atom. The standard InChI is InChI=1S/C33H24Cl2N4O6S/c1-3-44-21-11-9-19(10-12-21)30-29(31(40)37-20-7-5-4-6-8-20)18(2)36-33-38(30)32(41)28(46-33)15-22-13-14-27(45-22)23-16-25(35)26(39(42)43)17-24(23)34/h4-17,30H,3H2,1-2H3,(H,37,40)/b28-15+/t30-/m1/s1. The van der Waals surface area contributed by atoms with Crippen molar-refractivity contribution >= 4 is 57.9 Å². The molecule has 1 amide bonds. The number of furan rings is 1. The van der Waals surface area contributed by atoms with Gasteiger partial charge in [-0.1, -0.05) is 64.9 Å². The third-order valence-electron chi connectivity index (χ3n) is 7.20. The highest BCUT2D eigenvalue weighted by atomic mass is 35.5. The summed E-state index contributed by atoms with van der Waals surface area (Å²) in [6, 6.07) is 21.4. The molecule has 5 aromatic rings. The number of allylic oxidation sites excluding steroid dienone is 1. The second kappa shape index (κ2) is 12.8. The molecule has 2 aromatic heterocycles. The van der Waals surface area contributed by atoms with Crippen molar-refractivity contribution < 1.29 is 18.9 Å². The van der Waals surface area contributed by atoms with E-state index in [1.165, 1.54) is 10.6 Å². The van der Waals surface area contributed by atoms with Crippen molar-refractivity contribution in [2.24, 2.45) is 4.99 Å². The number of rotatable bonds is 8. The lowest BCUT2D eigenvalue weighted by molar-refractivity contribution is -0.384. The first kappa shape index (κ1) is 31.0. The maximum absolute atomic E-state index is 14.0. The number of carbonyl (C=O) groups excluding carboxylic acids is 1. The Morgan fingerprint density at radius 1 is 1.11 bits per heavy atom. The van der Waals surface area contributed by atoms with Gasteiger partial charge in [0.15, 0.2) is 4.80 Å². The molecule has 10 nitrogen and oxygen atoms in total. The maximum atomic E-state index is 14.0. The minimum absolute atomic E-state index is 0.0866. The smallest absolute Gasteiger partial charge is 0.289 e. The van der Waals surface area contributed by atoms with Crippen molar-refractivity contribution in [1.29, 1.82) is 0 Å². The van der Waals surface area contributed by atoms with Crippen LogP contribution in [0.2, 0.25) is 10.0 Å². The van der Waals surface area contributed by atoms with E-state index in [-0.39, 0.29) is 27.2 Å². The minimum Gasteiger partial charge on any atom is -0.494 e. The van der Waals surface area contributed by atoms with E-state index in [1.54, 1.807) is 49.4 Å². The van der Waals surface area contributed by atoms with Gasteiger partial charge in [-0.3, -0.25) is 24.3 Å². The van der Waals surface area contributed by atoms with Crippen LogP contribution in [-0.4, -0.2) is 22.0 Å². The summed E-state index contributed by atoms with van der Waals surface area (Å²) < 4.78 is 13.4. The van der Waals surface area contributed by atoms with Gasteiger partial charge in [0.1, 0.15) is 22.3 Å². The second-order valence-corrected chi connectivity index (χ2v) is 12.0. The predicted octanol–water partition coefficient (Wildman–Crippen LogP) is 6.75. The number of hydrogen-bond acceptors (Lipinski definition) is 8. The summed E-state index contributed by atoms with van der Waals surface area (Å²) in [6.45, 7) is 4.13. The Morgan fingerprint density at radius 3 is 2.54 bits per heavy atom. The number of nitrogens with one attached hydrogen (secondary N) is 1. The van der Waals surface area contributed by atoms with Gasteiger partial charge in [0, 0.05) is 23.4 Å². The van der Waals surface area contributed by atoms with Crippen molar-refractivity contribution in [3.63, 3.8) is 0 Å². The molecule has 0 bridgehead atoms. The van der Waals surface area contributed by atoms with Gasteiger partial charge in [0.05, 0.1) is 38.4 Å². The molecule has 0 spiro atoms. The van der Waals surface area contributed by atoms with E-state index in [0.717, 1.165) is 17.4 Å². The molecule has 6 rings (SSSR count). The van der Waals surface area contributed by atoms with Crippen LogP contribution in [0.3, 0.4) is 0 Å². The van der Waals surface area contributed by atoms with Crippen molar-refractivity contribution in [2.45, 2.75) is 19.9 Å². The van der Waals surface area contributed by atoms with Gasteiger partial charge in [-0.2, -0.15) is 0 Å². The van der Waals surface area contributed by atoms with Gasteiger partial charge in [-0.15, -0.1) is 0 Å². The second-order valence-electron chi connectivity index (χ2n) is 10.1. The Kier molecular flexibility index (Phi) is 8.63. The number of nitro groups is 1. The number of aromatic nitrogens is 1. The number of ether oxygens (including phenoxy) is 1. The first-order valence-electron chi connectivity index (χ1n) is 14.0. The minimum atomic E-state index is -0.772. The van der Waals surface area contributed by atoms with E-state index >= 15 is 0 Å². The third kappa shape index (κ3) is 6.00. The van der Waals surface area contributed by atoms with Gasteiger partial charge in [0.2, 0.25) is 0 Å². The van der Waals surface area contributed by atoms with E-state index < -0.39 is 11.0 Å². The highest BCUT2D eigenvalue weighted by Gasteiger charge is 2.32. The summed E-state index contributed by atoms with van der Waals surface area (Å²) in [5.41, 5.74) is 1.79. The highest BCUT2D eigenvalue weighted by molar-refractivity contribution is 7.07. The quantitative estimate of drug-likeness (QED) is 0.143. The number of para-hydroxylation sites is 1. The number of nitrogens with zero attached hydrogens (tertiary/aromatic N) is 3. The van der Waals surface area contributed by atoms with E-state index in [0.29, 0.717) is 61.3 Å². The lowest BCUT2D eigenvalue weighted by Gasteiger charge is -2.25. The van der Waals surface area contributed by atoms with Crippen LogP contribution in [0, 0.1) is 10.1 Å². The van der Waals surface area contributed by atoms with Crippen molar-refractivity contribution in [2.75, 3.05) is 11.9 Å². The van der Waals surface area contributed by atoms with Crippen LogP contribution < -0.4 is 24.9 Å². The predicted molar refractivity (Wildman–Crippen MR) is 177 cm³/mol. The summed E-state index contributed by atoms with van der Waals surface area (Å²) in [5, 5.41) is 14.2. The van der Waals surface area contributed by atoms with Gasteiger partial charge in [-0.05, 0) is 61.9 Å². The zero-order valence-electron chi connectivity index (χ0n) is 24.3. The first-order valence-corrected chi connectivity index (χ1v) is 15.6. The fourth-order valence-corrected chi connectivity index (χ4v) is 6.64. The number of thiazole rings is 1. The Balaban J connectivity index is 1.43. The fourth-order valence-electron chi connectivity index (χ4n) is 5.13. The lowest BCUT2D eigenvalue weighted by Crippen LogP contribution is -2.40. The first-order chi connectivity index (χ1) is 22.1. The molecule has 46 heavy (non-hydrogen) atoms. The number of halogens is 2. The van der Waals surface area contributed by atoms with E-state index in [4.69, 9.17) is 32.4 Å². The molecular weight excluding hydrogens is 651 g/mol. The molecule has 0 unspecified atom stereocenters. The number of benzene rings is 3. The number of fused-ring (bicyclic) bond motifs is 1. The summed E-state index contributed by atoms with van der Waals surface area (Å²) in [5.74, 6) is 0.928. The van der Waals surface area contributed by atoms with Crippen LogP contribution in [0.15, 0.2) is 104 Å². The van der Waals surface area contributed by atoms with Gasteiger partial charge >= 0.3 is 0 Å². The van der Waals surface area contributed by atoms with Crippen molar-refractivity contribution in [1.82, 2.24) is 4.57 Å². The fraction of sp³-hybridized carbons (Fsp3) is 0.121. The summed E-state index contributed by atoms with van der Waals surface area (Å²) in [4.78, 5) is 43.5. The van der Waals surface area contributed by atoms with E-state index in [2.05, 4.69) is 10.3 Å². The molecule has 13 heteroatoms. The molecule has 1 N–H and O–H groups in total. The van der Waals surface area contributed by atoms with E-state index in [1.807, 2.05) is 37.3 Å². The zero-order valence-corrected chi connectivity index (χ0v) is 26.7. The Hall–Kier alpha value is -4.97. The summed E-state index contributed by atoms with van der Waals surface area (Å²) in [7, 11) is 0. The average Bonchev–Trinajstić information content (AvgIpc) is 3.62. The molecule has 0 aliphatic carbocycles. The number of carbonyl (C=O) groups is 1. The molecule has 1 aliphatic heterocycles. The van der Waals surface area contributed by atoms with Crippen LogP contribution in [0.1, 0.15) is 31.2 Å². The van der Waals surface area contributed by atoms with Crippen LogP contribution in [0.25, 0.3) is 17.4 Å². The SMILES string of the molecule is CCOc1ccc([C@@H]2C(C(=O)Nc3ccccc3)=C(C)N=c3s/c(=C/c4ccc(-c5cc(Cl)c([N+](=O)[O-])cc5Cl)o4)c(=O)n32)cc1. The molecule has 1 atom stereocenters. The topological polar surface area (TPSA) is 129 Å². The number of nitro benzene ring substituents is 1. The number of anilines is 1. The number of amides is 1. The zero-order chi connectivity index (χ0) is 32.5. The van der Waals surface area contributed by atoms with Gasteiger partial charge in [0.25, 0.3) is 17.2 Å². The molecule has 0 fully saturated rings. The normalized spacial score (nSPS) is 14.5. The molecular formula is C33H24Cl2N4O6S. The molecule has 0 saturated heterocycles. The molecule has 3 heterocycles. The average molecular weight is 676 g/mol. The number of hydrogen-bond donors (Lipinski definition) is 1. The van der Waals surface area contributed by atoms with E-state index in [9.17, 15) is 19.7 Å². The molecule has 1 aliphatic rings. The maximum Gasteiger partial charge on any atom is 0.289 e. The van der Waals surface area contributed by atoms with Crippen LogP contribution >= 0.6 is 34.5 Å². The third-order valence-corrected chi connectivity index (χ3v) is 8.80.